The molecule has 1 amide bonds. The quantitative estimate of drug-likeness (QED) is 0.907. The van der Waals surface area contributed by atoms with Gasteiger partial charge in [-0.05, 0) is 33.1 Å². The first-order chi connectivity index (χ1) is 11.5. The summed E-state index contributed by atoms with van der Waals surface area (Å²) in [4.78, 5) is 31.5. The molecule has 0 bridgehead atoms. The largest absolute Gasteiger partial charge is 0.353 e. The summed E-state index contributed by atoms with van der Waals surface area (Å²) in [6.07, 6.45) is 2.75. The molecule has 3 rings (SSSR count). The van der Waals surface area contributed by atoms with Crippen LogP contribution >= 0.6 is 11.3 Å². The Morgan fingerprint density at radius 3 is 3.08 bits per heavy atom. The number of hydrogen-bond donors (Lipinski definition) is 1. The molecule has 2 aromatic heterocycles. The van der Waals surface area contributed by atoms with Crippen molar-refractivity contribution < 1.29 is 4.79 Å². The highest BCUT2D eigenvalue weighted by atomic mass is 32.1. The maximum absolute atomic E-state index is 12.4. The predicted octanol–water partition coefficient (Wildman–Crippen LogP) is 1.59. The average Bonchev–Trinajstić information content (AvgIpc) is 2.99. The van der Waals surface area contributed by atoms with Crippen LogP contribution < -0.4 is 15.8 Å². The molecule has 0 aromatic carbocycles. The second-order valence-corrected chi connectivity index (χ2v) is 7.35. The van der Waals surface area contributed by atoms with Gasteiger partial charge in [-0.1, -0.05) is 18.3 Å². The molecule has 1 aliphatic heterocycles. The van der Waals surface area contributed by atoms with E-state index < -0.39 is 0 Å². The summed E-state index contributed by atoms with van der Waals surface area (Å²) >= 11 is 1.40. The highest BCUT2D eigenvalue weighted by Crippen LogP contribution is 2.27. The van der Waals surface area contributed by atoms with E-state index in [1.807, 2.05) is 6.92 Å². The Labute approximate surface area is 144 Å². The van der Waals surface area contributed by atoms with Crippen molar-refractivity contribution >= 4 is 27.3 Å². The van der Waals surface area contributed by atoms with Crippen LogP contribution in [0.2, 0.25) is 0 Å². The Morgan fingerprint density at radius 1 is 1.54 bits per heavy atom. The van der Waals surface area contributed by atoms with Crippen LogP contribution in [-0.4, -0.2) is 39.6 Å². The lowest BCUT2D eigenvalue weighted by Crippen LogP contribution is -2.45. The number of carbonyl (C=O) groups excluding carboxylic acids is 1. The molecule has 8 heteroatoms. The minimum absolute atomic E-state index is 0.0359. The third-order valence-electron chi connectivity index (χ3n) is 4.43. The van der Waals surface area contributed by atoms with Crippen LogP contribution in [0.1, 0.15) is 38.8 Å². The van der Waals surface area contributed by atoms with Crippen molar-refractivity contribution in [1.29, 1.82) is 0 Å². The summed E-state index contributed by atoms with van der Waals surface area (Å²) in [6, 6.07) is 1.68. The number of piperidine rings is 1. The van der Waals surface area contributed by atoms with Crippen LogP contribution in [0.25, 0.3) is 4.96 Å². The van der Waals surface area contributed by atoms with Crippen molar-refractivity contribution in [2.45, 2.75) is 46.1 Å². The lowest BCUT2D eigenvalue weighted by molar-refractivity contribution is -0.125. The maximum atomic E-state index is 12.4. The number of fused-ring (bicyclic) bond motifs is 1. The molecule has 0 saturated carbocycles. The van der Waals surface area contributed by atoms with Crippen LogP contribution in [0, 0.1) is 12.8 Å². The van der Waals surface area contributed by atoms with E-state index in [2.05, 4.69) is 27.2 Å². The minimum Gasteiger partial charge on any atom is -0.353 e. The van der Waals surface area contributed by atoms with Gasteiger partial charge in [-0.2, -0.15) is 4.52 Å². The molecule has 2 atom stereocenters. The fourth-order valence-corrected chi connectivity index (χ4v) is 3.85. The second-order valence-electron chi connectivity index (χ2n) is 6.42. The smallest absolute Gasteiger partial charge is 0.275 e. The summed E-state index contributed by atoms with van der Waals surface area (Å²) in [7, 11) is 0. The van der Waals surface area contributed by atoms with Crippen molar-refractivity contribution in [2.75, 3.05) is 18.0 Å². The summed E-state index contributed by atoms with van der Waals surface area (Å²) in [5.41, 5.74) is 0.530. The van der Waals surface area contributed by atoms with Crippen LogP contribution in [0.3, 0.4) is 0 Å². The number of rotatable bonds is 4. The zero-order valence-electron chi connectivity index (χ0n) is 14.3. The van der Waals surface area contributed by atoms with Crippen LogP contribution in [-0.2, 0) is 4.79 Å². The van der Waals surface area contributed by atoms with E-state index in [1.54, 1.807) is 6.92 Å². The maximum Gasteiger partial charge on any atom is 0.275 e. The number of hydrogen-bond acceptors (Lipinski definition) is 6. The molecule has 1 saturated heterocycles. The van der Waals surface area contributed by atoms with Crippen LogP contribution in [0.4, 0.5) is 5.13 Å². The minimum atomic E-state index is -0.164. The molecule has 2 aromatic rings. The predicted molar refractivity (Wildman–Crippen MR) is 94.7 cm³/mol. The molecule has 24 heavy (non-hydrogen) atoms. The number of anilines is 1. The SMILES string of the molecule is CC[C@@H](C)NC(=O)[C@H]1CCCN(c2nn3c(=O)cc(C)nc3s2)C1. The van der Waals surface area contributed by atoms with Crippen molar-refractivity contribution in [3.63, 3.8) is 0 Å². The molecular formula is C16H23N5O2S. The number of carbonyl (C=O) groups is 1. The molecule has 0 unspecified atom stereocenters. The number of nitrogens with one attached hydrogen (secondary N) is 1. The standard InChI is InChI=1S/C16H23N5O2S/c1-4-10(2)17-14(23)12-6-5-7-20(9-12)16-19-21-13(22)8-11(3)18-15(21)24-16/h8,10,12H,4-7,9H2,1-3H3,(H,17,23)/t10-,12+/m1/s1. The van der Waals surface area contributed by atoms with Gasteiger partial charge in [0.2, 0.25) is 16.0 Å². The molecule has 3 heterocycles. The Kier molecular flexibility index (Phi) is 4.84. The first-order valence-electron chi connectivity index (χ1n) is 8.40. The van der Waals surface area contributed by atoms with Gasteiger partial charge in [-0.25, -0.2) is 4.98 Å². The van der Waals surface area contributed by atoms with Crippen molar-refractivity contribution in [1.82, 2.24) is 19.9 Å². The average molecular weight is 349 g/mol. The number of amides is 1. The Balaban J connectivity index is 1.78. The molecule has 1 N–H and O–H groups in total. The first-order valence-corrected chi connectivity index (χ1v) is 9.22. The Morgan fingerprint density at radius 2 is 2.33 bits per heavy atom. The van der Waals surface area contributed by atoms with Gasteiger partial charge in [0.25, 0.3) is 5.56 Å². The number of aryl methyl sites for hydroxylation is 1. The molecule has 130 valence electrons. The number of aromatic nitrogens is 3. The van der Waals surface area contributed by atoms with Gasteiger partial charge >= 0.3 is 0 Å². The fraction of sp³-hybridized carbons (Fsp3) is 0.625. The van der Waals surface area contributed by atoms with Gasteiger partial charge in [0.1, 0.15) is 0 Å². The molecule has 0 spiro atoms. The van der Waals surface area contributed by atoms with E-state index in [4.69, 9.17) is 0 Å². The van der Waals surface area contributed by atoms with E-state index in [1.165, 1.54) is 21.9 Å². The highest BCUT2D eigenvalue weighted by Gasteiger charge is 2.28. The lowest BCUT2D eigenvalue weighted by atomic mass is 9.97. The van der Waals surface area contributed by atoms with Gasteiger partial charge in [-0.3, -0.25) is 9.59 Å². The molecule has 1 aliphatic rings. The first kappa shape index (κ1) is 16.9. The zero-order chi connectivity index (χ0) is 17.3. The van der Waals surface area contributed by atoms with Gasteiger partial charge in [-0.15, -0.1) is 5.10 Å². The highest BCUT2D eigenvalue weighted by molar-refractivity contribution is 7.20. The monoisotopic (exact) mass is 349 g/mol. The molecule has 0 aliphatic carbocycles. The van der Waals surface area contributed by atoms with Crippen molar-refractivity contribution in [2.24, 2.45) is 5.92 Å². The van der Waals surface area contributed by atoms with E-state index in [-0.39, 0.29) is 23.4 Å². The van der Waals surface area contributed by atoms with E-state index in [9.17, 15) is 9.59 Å². The van der Waals surface area contributed by atoms with Gasteiger partial charge in [0.15, 0.2) is 0 Å². The second kappa shape index (κ2) is 6.88. The third kappa shape index (κ3) is 3.43. The molecule has 0 radical (unpaired) electrons. The summed E-state index contributed by atoms with van der Waals surface area (Å²) in [5.74, 6) is 0.0764. The fourth-order valence-electron chi connectivity index (χ4n) is 2.87. The summed E-state index contributed by atoms with van der Waals surface area (Å²) < 4.78 is 1.34. The Bertz CT molecular complexity index is 799. The third-order valence-corrected chi connectivity index (χ3v) is 5.40. The molecule has 1 fully saturated rings. The molecule has 7 nitrogen and oxygen atoms in total. The Hall–Kier alpha value is -1.96. The summed E-state index contributed by atoms with van der Waals surface area (Å²) in [5, 5.41) is 8.22. The van der Waals surface area contributed by atoms with E-state index in [0.717, 1.165) is 30.9 Å². The van der Waals surface area contributed by atoms with Crippen LogP contribution in [0.5, 0.6) is 0 Å². The topological polar surface area (TPSA) is 79.6 Å². The van der Waals surface area contributed by atoms with Crippen LogP contribution in [0.15, 0.2) is 10.9 Å². The zero-order valence-corrected chi connectivity index (χ0v) is 15.1. The summed E-state index contributed by atoms with van der Waals surface area (Å²) in [6.45, 7) is 7.37. The van der Waals surface area contributed by atoms with Gasteiger partial charge in [0, 0.05) is 30.9 Å². The van der Waals surface area contributed by atoms with Crippen molar-refractivity contribution in [3.05, 3.63) is 22.1 Å². The number of nitrogens with zero attached hydrogens (tertiary/aromatic N) is 4. The van der Waals surface area contributed by atoms with Gasteiger partial charge < -0.3 is 10.2 Å². The van der Waals surface area contributed by atoms with E-state index >= 15 is 0 Å². The van der Waals surface area contributed by atoms with E-state index in [0.29, 0.717) is 17.2 Å². The lowest BCUT2D eigenvalue weighted by Gasteiger charge is -2.32. The molecular weight excluding hydrogens is 326 g/mol. The van der Waals surface area contributed by atoms with Crippen molar-refractivity contribution in [3.8, 4) is 0 Å². The normalized spacial score (nSPS) is 19.5. The van der Waals surface area contributed by atoms with Gasteiger partial charge in [0.05, 0.1) is 5.92 Å².